The van der Waals surface area contributed by atoms with E-state index in [0.717, 1.165) is 11.3 Å². The Morgan fingerprint density at radius 3 is 2.50 bits per heavy atom. The van der Waals surface area contributed by atoms with Gasteiger partial charge in [0.2, 0.25) is 5.91 Å². The van der Waals surface area contributed by atoms with E-state index in [1.165, 1.54) is 0 Å². The predicted octanol–water partition coefficient (Wildman–Crippen LogP) is 1.83. The van der Waals surface area contributed by atoms with E-state index in [9.17, 15) is 9.59 Å². The van der Waals surface area contributed by atoms with Crippen LogP contribution in [-0.2, 0) is 14.3 Å². The maximum absolute atomic E-state index is 11.5. The highest BCUT2D eigenvalue weighted by molar-refractivity contribution is 5.77. The van der Waals surface area contributed by atoms with Crippen molar-refractivity contribution in [3.05, 3.63) is 29.8 Å². The first-order valence-electron chi connectivity index (χ1n) is 6.73. The lowest BCUT2D eigenvalue weighted by Gasteiger charge is -2.07. The zero-order chi connectivity index (χ0) is 14.8. The van der Waals surface area contributed by atoms with Gasteiger partial charge in [0, 0.05) is 6.54 Å². The molecule has 1 rings (SSSR count). The molecular formula is C15H21NO4. The number of amides is 1. The van der Waals surface area contributed by atoms with Gasteiger partial charge in [0.1, 0.15) is 5.75 Å². The summed E-state index contributed by atoms with van der Waals surface area (Å²) in [4.78, 5) is 22.5. The molecule has 0 fully saturated rings. The molecule has 5 nitrogen and oxygen atoms in total. The van der Waals surface area contributed by atoms with Crippen LogP contribution in [0.5, 0.6) is 5.75 Å². The SMILES string of the molecule is CCOC(=O)CCNC(=O)CCOc1ccc(C)cc1. The number of benzene rings is 1. The monoisotopic (exact) mass is 279 g/mol. The molecule has 5 heteroatoms. The fraction of sp³-hybridized carbons (Fsp3) is 0.467. The maximum Gasteiger partial charge on any atom is 0.307 e. The number of nitrogens with one attached hydrogen (secondary N) is 1. The number of ether oxygens (including phenoxy) is 2. The van der Waals surface area contributed by atoms with Crippen molar-refractivity contribution in [2.45, 2.75) is 26.7 Å². The Kier molecular flexibility index (Phi) is 7.17. The molecule has 1 aromatic carbocycles. The lowest BCUT2D eigenvalue weighted by molar-refractivity contribution is -0.143. The molecule has 1 aromatic rings. The molecular weight excluding hydrogens is 258 g/mol. The molecule has 0 spiro atoms. The van der Waals surface area contributed by atoms with Gasteiger partial charge in [0.25, 0.3) is 0 Å². The van der Waals surface area contributed by atoms with E-state index >= 15 is 0 Å². The van der Waals surface area contributed by atoms with Crippen molar-refractivity contribution in [1.82, 2.24) is 5.32 Å². The Morgan fingerprint density at radius 2 is 1.85 bits per heavy atom. The van der Waals surface area contributed by atoms with Gasteiger partial charge < -0.3 is 14.8 Å². The molecule has 110 valence electrons. The van der Waals surface area contributed by atoms with Gasteiger partial charge in [-0.3, -0.25) is 9.59 Å². The van der Waals surface area contributed by atoms with Crippen molar-refractivity contribution in [3.63, 3.8) is 0 Å². The standard InChI is InChI=1S/C15H21NO4/c1-3-19-15(18)8-10-16-14(17)9-11-20-13-6-4-12(2)5-7-13/h4-7H,3,8-11H2,1-2H3,(H,16,17). The number of hydrogen-bond donors (Lipinski definition) is 1. The summed E-state index contributed by atoms with van der Waals surface area (Å²) in [6.45, 7) is 4.72. The number of carbonyl (C=O) groups excluding carboxylic acids is 2. The summed E-state index contributed by atoms with van der Waals surface area (Å²) in [6, 6.07) is 7.64. The molecule has 0 heterocycles. The van der Waals surface area contributed by atoms with Crippen molar-refractivity contribution in [1.29, 1.82) is 0 Å². The normalized spacial score (nSPS) is 9.90. The number of aryl methyl sites for hydroxylation is 1. The zero-order valence-electron chi connectivity index (χ0n) is 12.0. The predicted molar refractivity (Wildman–Crippen MR) is 75.6 cm³/mol. The summed E-state index contributed by atoms with van der Waals surface area (Å²) in [5, 5.41) is 2.65. The summed E-state index contributed by atoms with van der Waals surface area (Å²) < 4.78 is 10.2. The highest BCUT2D eigenvalue weighted by Crippen LogP contribution is 2.11. The second-order valence-corrected chi connectivity index (χ2v) is 4.32. The smallest absolute Gasteiger partial charge is 0.307 e. The largest absolute Gasteiger partial charge is 0.493 e. The number of esters is 1. The van der Waals surface area contributed by atoms with E-state index in [0.29, 0.717) is 19.8 Å². The summed E-state index contributed by atoms with van der Waals surface area (Å²) >= 11 is 0. The fourth-order valence-electron chi connectivity index (χ4n) is 1.52. The van der Waals surface area contributed by atoms with Gasteiger partial charge in [-0.15, -0.1) is 0 Å². The Balaban J connectivity index is 2.11. The second-order valence-electron chi connectivity index (χ2n) is 4.32. The average molecular weight is 279 g/mol. The molecule has 1 N–H and O–H groups in total. The van der Waals surface area contributed by atoms with Crippen LogP contribution in [0.1, 0.15) is 25.3 Å². The molecule has 0 atom stereocenters. The van der Waals surface area contributed by atoms with Gasteiger partial charge >= 0.3 is 5.97 Å². The topological polar surface area (TPSA) is 64.6 Å². The fourth-order valence-corrected chi connectivity index (χ4v) is 1.52. The molecule has 20 heavy (non-hydrogen) atoms. The Morgan fingerprint density at radius 1 is 1.15 bits per heavy atom. The Bertz CT molecular complexity index is 428. The molecule has 0 unspecified atom stereocenters. The Hall–Kier alpha value is -2.04. The van der Waals surface area contributed by atoms with Crippen LogP contribution in [0, 0.1) is 6.92 Å². The lowest BCUT2D eigenvalue weighted by Crippen LogP contribution is -2.27. The molecule has 0 aliphatic carbocycles. The number of carbonyl (C=O) groups is 2. The van der Waals surface area contributed by atoms with Crippen molar-refractivity contribution >= 4 is 11.9 Å². The van der Waals surface area contributed by atoms with Crippen molar-refractivity contribution < 1.29 is 19.1 Å². The van der Waals surface area contributed by atoms with E-state index < -0.39 is 0 Å². The Labute approximate surface area is 119 Å². The first-order valence-corrected chi connectivity index (χ1v) is 6.73. The van der Waals surface area contributed by atoms with Gasteiger partial charge in [-0.1, -0.05) is 17.7 Å². The van der Waals surface area contributed by atoms with E-state index in [1.54, 1.807) is 6.92 Å². The van der Waals surface area contributed by atoms with Crippen LogP contribution >= 0.6 is 0 Å². The first-order chi connectivity index (χ1) is 9.61. The van der Waals surface area contributed by atoms with Gasteiger partial charge in [-0.25, -0.2) is 0 Å². The van der Waals surface area contributed by atoms with Crippen LogP contribution < -0.4 is 10.1 Å². The van der Waals surface area contributed by atoms with Crippen LogP contribution in [0.4, 0.5) is 0 Å². The summed E-state index contributed by atoms with van der Waals surface area (Å²) in [7, 11) is 0. The average Bonchev–Trinajstić information content (AvgIpc) is 2.41. The second kappa shape index (κ2) is 8.96. The van der Waals surface area contributed by atoms with Crippen molar-refractivity contribution in [2.24, 2.45) is 0 Å². The van der Waals surface area contributed by atoms with E-state index in [-0.39, 0.29) is 24.7 Å². The van der Waals surface area contributed by atoms with Crippen LogP contribution in [0.2, 0.25) is 0 Å². The molecule has 0 aliphatic heterocycles. The van der Waals surface area contributed by atoms with Crippen LogP contribution in [-0.4, -0.2) is 31.6 Å². The summed E-state index contributed by atoms with van der Waals surface area (Å²) in [6.07, 6.45) is 0.453. The van der Waals surface area contributed by atoms with Crippen LogP contribution in [0.25, 0.3) is 0 Å². The van der Waals surface area contributed by atoms with Gasteiger partial charge in [-0.2, -0.15) is 0 Å². The number of rotatable bonds is 8. The third-order valence-electron chi connectivity index (χ3n) is 2.58. The minimum atomic E-state index is -0.302. The third-order valence-corrected chi connectivity index (χ3v) is 2.58. The van der Waals surface area contributed by atoms with E-state index in [1.807, 2.05) is 31.2 Å². The summed E-state index contributed by atoms with van der Waals surface area (Å²) in [5.74, 6) is 0.306. The highest BCUT2D eigenvalue weighted by atomic mass is 16.5. The van der Waals surface area contributed by atoms with Crippen LogP contribution in [0.15, 0.2) is 24.3 Å². The number of hydrogen-bond acceptors (Lipinski definition) is 4. The zero-order valence-corrected chi connectivity index (χ0v) is 12.0. The molecule has 1 amide bonds. The van der Waals surface area contributed by atoms with Crippen molar-refractivity contribution in [2.75, 3.05) is 19.8 Å². The summed E-state index contributed by atoms with van der Waals surface area (Å²) in [5.41, 5.74) is 1.16. The maximum atomic E-state index is 11.5. The van der Waals surface area contributed by atoms with Gasteiger partial charge in [-0.05, 0) is 26.0 Å². The molecule has 0 bridgehead atoms. The molecule has 0 radical (unpaired) electrons. The lowest BCUT2D eigenvalue weighted by atomic mass is 10.2. The first kappa shape index (κ1) is 16.0. The highest BCUT2D eigenvalue weighted by Gasteiger charge is 2.05. The van der Waals surface area contributed by atoms with Crippen LogP contribution in [0.3, 0.4) is 0 Å². The molecule has 0 saturated heterocycles. The van der Waals surface area contributed by atoms with E-state index in [4.69, 9.17) is 9.47 Å². The van der Waals surface area contributed by atoms with Gasteiger partial charge in [0.05, 0.1) is 26.1 Å². The van der Waals surface area contributed by atoms with Crippen molar-refractivity contribution in [3.8, 4) is 5.75 Å². The van der Waals surface area contributed by atoms with Gasteiger partial charge in [0.15, 0.2) is 0 Å². The quantitative estimate of drug-likeness (QED) is 0.737. The minimum absolute atomic E-state index is 0.138. The molecule has 0 aliphatic rings. The molecule has 0 saturated carbocycles. The minimum Gasteiger partial charge on any atom is -0.493 e. The third kappa shape index (κ3) is 6.78. The molecule has 0 aromatic heterocycles. The van der Waals surface area contributed by atoms with E-state index in [2.05, 4.69) is 5.32 Å².